The number of anilines is 1. The fourth-order valence-corrected chi connectivity index (χ4v) is 7.13. The number of halogens is 3. The normalized spacial score (nSPS) is 17.9. The number of hydrogen-bond acceptors (Lipinski definition) is 5. The third-order valence-corrected chi connectivity index (χ3v) is 9.70. The van der Waals surface area contributed by atoms with Crippen LogP contribution in [-0.4, -0.2) is 52.6 Å². The maximum absolute atomic E-state index is 15.5. The van der Waals surface area contributed by atoms with Crippen molar-refractivity contribution in [3.05, 3.63) is 47.5 Å². The Morgan fingerprint density at radius 1 is 0.957 bits per heavy atom. The number of nitrogens with two attached hydrogens (primary N) is 1. The van der Waals surface area contributed by atoms with Crippen LogP contribution in [0.5, 0.6) is 0 Å². The molecular weight excluding hydrogens is 597 g/mol. The number of alkyl halides is 2. The maximum atomic E-state index is 15.5. The highest BCUT2D eigenvalue weighted by molar-refractivity contribution is 6.01. The van der Waals surface area contributed by atoms with Gasteiger partial charge in [0.1, 0.15) is 17.6 Å². The van der Waals surface area contributed by atoms with Gasteiger partial charge in [-0.2, -0.15) is 5.10 Å². The number of rotatable bonds is 13. The van der Waals surface area contributed by atoms with Crippen LogP contribution in [0.3, 0.4) is 0 Å². The molecule has 0 aliphatic heterocycles. The number of aromatic nitrogens is 2. The van der Waals surface area contributed by atoms with E-state index in [-0.39, 0.29) is 35.0 Å². The Kier molecular flexibility index (Phi) is 12.3. The molecule has 3 amide bonds. The number of benzene rings is 1. The van der Waals surface area contributed by atoms with Crippen LogP contribution in [0.4, 0.5) is 18.9 Å². The highest BCUT2D eigenvalue weighted by Gasteiger charge is 2.41. The number of carbonyl (C=O) groups is 3. The molecule has 0 unspecified atom stereocenters. The Morgan fingerprint density at radius 2 is 1.57 bits per heavy atom. The third-order valence-electron chi connectivity index (χ3n) is 9.70. The van der Waals surface area contributed by atoms with Crippen molar-refractivity contribution in [1.29, 1.82) is 0 Å². The second kappa shape index (κ2) is 15.9. The summed E-state index contributed by atoms with van der Waals surface area (Å²) in [6.45, 7) is 3.50. The molecule has 1 aromatic carbocycles. The fraction of sp³-hybridized carbons (Fsp3) is 0.647. The molecule has 2 saturated carbocycles. The lowest BCUT2D eigenvalue weighted by atomic mass is 9.66. The number of amides is 3. The minimum atomic E-state index is -3.25. The molecule has 2 fully saturated rings. The summed E-state index contributed by atoms with van der Waals surface area (Å²) < 4.78 is 44.1. The Morgan fingerprint density at radius 3 is 2.11 bits per heavy atom. The number of nitrogens with zero attached hydrogens (tertiary/aromatic N) is 2. The summed E-state index contributed by atoms with van der Waals surface area (Å²) in [4.78, 5) is 40.4. The summed E-state index contributed by atoms with van der Waals surface area (Å²) in [5.41, 5.74) is 5.56. The van der Waals surface area contributed by atoms with Gasteiger partial charge in [-0.25, -0.2) is 13.2 Å². The first-order valence-corrected chi connectivity index (χ1v) is 16.7. The van der Waals surface area contributed by atoms with Crippen molar-refractivity contribution in [2.45, 2.75) is 109 Å². The van der Waals surface area contributed by atoms with Crippen LogP contribution in [0.1, 0.15) is 113 Å². The van der Waals surface area contributed by atoms with E-state index in [1.54, 1.807) is 16.9 Å². The van der Waals surface area contributed by atoms with Crippen LogP contribution in [0.25, 0.3) is 0 Å². The van der Waals surface area contributed by atoms with Gasteiger partial charge in [-0.1, -0.05) is 70.3 Å². The monoisotopic (exact) mass is 646 g/mol. The van der Waals surface area contributed by atoms with Crippen molar-refractivity contribution in [2.24, 2.45) is 23.5 Å². The molecule has 1 aromatic heterocycles. The molecular formula is C34H49F3N6O3. The lowest BCUT2D eigenvalue weighted by molar-refractivity contribution is -0.124. The van der Waals surface area contributed by atoms with E-state index in [1.165, 1.54) is 19.1 Å². The quantitative estimate of drug-likeness (QED) is 0.214. The number of nitrogens with one attached hydrogen (secondary N) is 3. The van der Waals surface area contributed by atoms with Crippen molar-refractivity contribution in [3.63, 3.8) is 0 Å². The molecule has 254 valence electrons. The summed E-state index contributed by atoms with van der Waals surface area (Å²) in [7, 11) is 0. The molecule has 2 atom stereocenters. The minimum absolute atomic E-state index is 0.0650. The first-order chi connectivity index (χ1) is 21.9. The zero-order chi connectivity index (χ0) is 33.4. The highest BCUT2D eigenvalue weighted by atomic mass is 19.3. The van der Waals surface area contributed by atoms with Gasteiger partial charge in [-0.05, 0) is 62.3 Å². The van der Waals surface area contributed by atoms with E-state index in [0.717, 1.165) is 70.3 Å². The maximum Gasteiger partial charge on any atom is 0.277 e. The topological polar surface area (TPSA) is 131 Å². The zero-order valence-electron chi connectivity index (χ0n) is 27.2. The van der Waals surface area contributed by atoms with Gasteiger partial charge in [-0.15, -0.1) is 0 Å². The lowest BCUT2D eigenvalue weighted by Crippen LogP contribution is -2.53. The van der Waals surface area contributed by atoms with E-state index in [4.69, 9.17) is 5.73 Å². The molecule has 12 heteroatoms. The molecule has 0 radical (unpaired) electrons. The molecule has 0 spiro atoms. The van der Waals surface area contributed by atoms with Crippen molar-refractivity contribution >= 4 is 23.4 Å². The van der Waals surface area contributed by atoms with Gasteiger partial charge < -0.3 is 21.7 Å². The van der Waals surface area contributed by atoms with Crippen molar-refractivity contribution in [1.82, 2.24) is 20.4 Å². The predicted octanol–water partition coefficient (Wildman–Crippen LogP) is 5.93. The standard InChI is InChI=1S/C34H49F3N6O3/c1-21(2)43-28(16-17-40-43)32(45)42-30(29(23-10-6-4-7-11-23)24-12-8-5-9-13-24)33(46)41-27-15-14-25(18-26(27)35)22(3)31(44)39-20-34(36,37)19-38/h14-18,21-24,29-30H,4-13,19-20,38H2,1-3H3,(H,39,44)(H,41,46)(H,42,45)/t22-,30-/m0/s1. The smallest absolute Gasteiger partial charge is 0.277 e. The summed E-state index contributed by atoms with van der Waals surface area (Å²) in [5, 5.41) is 12.3. The van der Waals surface area contributed by atoms with Gasteiger partial charge in [0.25, 0.3) is 11.8 Å². The van der Waals surface area contributed by atoms with Gasteiger partial charge in [0.15, 0.2) is 0 Å². The van der Waals surface area contributed by atoms with Gasteiger partial charge >= 0.3 is 0 Å². The molecule has 0 bridgehead atoms. The predicted molar refractivity (Wildman–Crippen MR) is 171 cm³/mol. The first-order valence-electron chi connectivity index (χ1n) is 16.7. The SMILES string of the molecule is CC(C)n1nccc1C(=O)N[C@H](C(=O)Nc1ccc([C@H](C)C(=O)NCC(F)(F)CN)cc1F)C(C1CCCCC1)C1CCCCC1. The van der Waals surface area contributed by atoms with Gasteiger partial charge in [0, 0.05) is 12.2 Å². The van der Waals surface area contributed by atoms with Crippen LogP contribution >= 0.6 is 0 Å². The Hall–Kier alpha value is -3.41. The second-order valence-corrected chi connectivity index (χ2v) is 13.3. The summed E-state index contributed by atoms with van der Waals surface area (Å²) in [5.74, 6) is -6.15. The number of carbonyl (C=O) groups excluding carboxylic acids is 3. The van der Waals surface area contributed by atoms with E-state index < -0.39 is 54.5 Å². The van der Waals surface area contributed by atoms with Crippen LogP contribution in [0, 0.1) is 23.6 Å². The van der Waals surface area contributed by atoms with E-state index in [9.17, 15) is 23.2 Å². The summed E-state index contributed by atoms with van der Waals surface area (Å²) in [6, 6.07) is 4.64. The van der Waals surface area contributed by atoms with Crippen LogP contribution in [0.2, 0.25) is 0 Å². The Balaban J connectivity index is 1.59. The highest BCUT2D eigenvalue weighted by Crippen LogP contribution is 2.42. The second-order valence-electron chi connectivity index (χ2n) is 13.3. The van der Waals surface area contributed by atoms with E-state index in [0.29, 0.717) is 5.69 Å². The minimum Gasteiger partial charge on any atom is -0.349 e. The van der Waals surface area contributed by atoms with Crippen molar-refractivity contribution < 1.29 is 27.6 Å². The van der Waals surface area contributed by atoms with E-state index >= 15 is 4.39 Å². The fourth-order valence-electron chi connectivity index (χ4n) is 7.13. The van der Waals surface area contributed by atoms with Gasteiger partial charge in [0.05, 0.1) is 24.7 Å². The zero-order valence-corrected chi connectivity index (χ0v) is 27.2. The molecule has 9 nitrogen and oxygen atoms in total. The first kappa shape index (κ1) is 35.4. The van der Waals surface area contributed by atoms with Crippen molar-refractivity contribution in [2.75, 3.05) is 18.4 Å². The van der Waals surface area contributed by atoms with Crippen molar-refractivity contribution in [3.8, 4) is 0 Å². The average Bonchev–Trinajstić information content (AvgIpc) is 3.56. The Labute approximate surface area is 269 Å². The van der Waals surface area contributed by atoms with Crippen LogP contribution in [0.15, 0.2) is 30.5 Å². The molecule has 1 heterocycles. The summed E-state index contributed by atoms with van der Waals surface area (Å²) >= 11 is 0. The van der Waals surface area contributed by atoms with Crippen LogP contribution < -0.4 is 21.7 Å². The largest absolute Gasteiger partial charge is 0.349 e. The molecule has 4 rings (SSSR count). The molecule has 2 aliphatic carbocycles. The lowest BCUT2D eigenvalue weighted by Gasteiger charge is -2.42. The van der Waals surface area contributed by atoms with E-state index in [1.807, 2.05) is 13.8 Å². The molecule has 5 N–H and O–H groups in total. The Bertz CT molecular complexity index is 1320. The van der Waals surface area contributed by atoms with E-state index in [2.05, 4.69) is 21.0 Å². The third kappa shape index (κ3) is 8.89. The molecule has 2 aliphatic rings. The number of hydrogen-bond donors (Lipinski definition) is 4. The van der Waals surface area contributed by atoms with Gasteiger partial charge in [0.2, 0.25) is 11.8 Å². The van der Waals surface area contributed by atoms with Crippen LogP contribution in [-0.2, 0) is 9.59 Å². The average molecular weight is 647 g/mol. The molecule has 0 saturated heterocycles. The van der Waals surface area contributed by atoms with Gasteiger partial charge in [-0.3, -0.25) is 19.1 Å². The molecule has 2 aromatic rings. The summed E-state index contributed by atoms with van der Waals surface area (Å²) in [6.07, 6.45) is 12.0. The molecule has 46 heavy (non-hydrogen) atoms.